The lowest BCUT2D eigenvalue weighted by atomic mass is 10.2. The van der Waals surface area contributed by atoms with Crippen LogP contribution in [0.5, 0.6) is 0 Å². The van der Waals surface area contributed by atoms with Crippen molar-refractivity contribution in [3.8, 4) is 0 Å². The molecule has 0 bridgehead atoms. The summed E-state index contributed by atoms with van der Waals surface area (Å²) < 4.78 is 39.8. The van der Waals surface area contributed by atoms with E-state index in [1.165, 1.54) is 0 Å². The van der Waals surface area contributed by atoms with E-state index in [0.717, 1.165) is 0 Å². The molecule has 0 aromatic rings. The van der Waals surface area contributed by atoms with Crippen LogP contribution in [0.3, 0.4) is 0 Å². The van der Waals surface area contributed by atoms with E-state index < -0.39 is 12.8 Å². The van der Waals surface area contributed by atoms with E-state index in [1.807, 2.05) is 18.9 Å². The van der Waals surface area contributed by atoms with Crippen LogP contribution in [0.25, 0.3) is 0 Å². The van der Waals surface area contributed by atoms with Gasteiger partial charge >= 0.3 is 6.18 Å². The number of halogens is 3. The second-order valence-corrected chi connectivity index (χ2v) is 4.55. The lowest BCUT2D eigenvalue weighted by molar-refractivity contribution is -0.174. The van der Waals surface area contributed by atoms with Gasteiger partial charge in [0.15, 0.2) is 0 Å². The van der Waals surface area contributed by atoms with Crippen LogP contribution < -0.4 is 5.73 Å². The average molecular weight is 272 g/mol. The summed E-state index contributed by atoms with van der Waals surface area (Å²) in [5.41, 5.74) is 5.41. The molecular weight excluding hydrogens is 253 g/mol. The Balaban J connectivity index is 3.57. The number of nitrogens with two attached hydrogens (primary N) is 1. The van der Waals surface area contributed by atoms with Gasteiger partial charge in [-0.15, -0.1) is 0 Å². The van der Waals surface area contributed by atoms with Crippen LogP contribution in [0.1, 0.15) is 19.8 Å². The summed E-state index contributed by atoms with van der Waals surface area (Å²) in [6.45, 7) is 1.54. The molecule has 2 N–H and O–H groups in total. The average Bonchev–Trinajstić information content (AvgIpc) is 2.13. The molecule has 7 heteroatoms. The fraction of sp³-hybridized carbons (Fsp3) is 0.900. The molecule has 0 saturated carbocycles. The third-order valence-corrected chi connectivity index (χ3v) is 2.48. The van der Waals surface area contributed by atoms with Gasteiger partial charge in [0.05, 0.1) is 4.99 Å². The van der Waals surface area contributed by atoms with Crippen molar-refractivity contribution >= 4 is 17.2 Å². The Kier molecular flexibility index (Phi) is 7.65. The molecule has 0 rings (SSSR count). The van der Waals surface area contributed by atoms with E-state index in [1.54, 1.807) is 0 Å². The van der Waals surface area contributed by atoms with Crippen LogP contribution in [0, 0.1) is 0 Å². The molecule has 0 aromatic heterocycles. The number of thiocarbonyl (C=S) groups is 1. The highest BCUT2D eigenvalue weighted by atomic mass is 32.1. The first-order valence-electron chi connectivity index (χ1n) is 5.35. The minimum atomic E-state index is -4.25. The zero-order chi connectivity index (χ0) is 13.5. The molecule has 3 nitrogen and oxygen atoms in total. The topological polar surface area (TPSA) is 38.5 Å². The fourth-order valence-electron chi connectivity index (χ4n) is 1.27. The zero-order valence-corrected chi connectivity index (χ0v) is 10.9. The van der Waals surface area contributed by atoms with Crippen LogP contribution in [-0.2, 0) is 4.74 Å². The minimum Gasteiger partial charge on any atom is -0.393 e. The Morgan fingerprint density at radius 1 is 1.47 bits per heavy atom. The summed E-state index contributed by atoms with van der Waals surface area (Å²) in [6.07, 6.45) is -3.09. The monoisotopic (exact) mass is 272 g/mol. The highest BCUT2D eigenvalue weighted by Gasteiger charge is 2.27. The summed E-state index contributed by atoms with van der Waals surface area (Å²) in [7, 11) is 1.88. The van der Waals surface area contributed by atoms with Crippen LogP contribution in [0.4, 0.5) is 13.2 Å². The summed E-state index contributed by atoms with van der Waals surface area (Å²) >= 11 is 4.79. The molecule has 0 aromatic carbocycles. The highest BCUT2D eigenvalue weighted by Crippen LogP contribution is 2.14. The maximum atomic E-state index is 11.7. The summed E-state index contributed by atoms with van der Waals surface area (Å²) in [4.78, 5) is 2.44. The van der Waals surface area contributed by atoms with Crippen LogP contribution in [0.15, 0.2) is 0 Å². The molecule has 102 valence electrons. The lowest BCUT2D eigenvalue weighted by Gasteiger charge is -2.24. The predicted octanol–water partition coefficient (Wildman–Crippen LogP) is 1.95. The van der Waals surface area contributed by atoms with Crippen LogP contribution in [0.2, 0.25) is 0 Å². The van der Waals surface area contributed by atoms with Gasteiger partial charge in [0.25, 0.3) is 0 Å². The minimum absolute atomic E-state index is 0.101. The first-order chi connectivity index (χ1) is 7.72. The summed E-state index contributed by atoms with van der Waals surface area (Å²) in [5.74, 6) is 0. The third-order valence-electron chi connectivity index (χ3n) is 2.31. The smallest absolute Gasteiger partial charge is 0.393 e. The quantitative estimate of drug-likeness (QED) is 0.541. The SMILES string of the molecule is CC(CC(N)=S)N(C)CCCOCC(F)(F)F. The molecule has 1 unspecified atom stereocenters. The van der Waals surface area contributed by atoms with Crippen molar-refractivity contribution in [3.63, 3.8) is 0 Å². The molecular formula is C10H19F3N2OS. The normalized spacial score (nSPS) is 14.0. The number of rotatable bonds is 8. The summed E-state index contributed by atoms with van der Waals surface area (Å²) in [6, 6.07) is 0.190. The highest BCUT2D eigenvalue weighted by molar-refractivity contribution is 7.80. The first kappa shape index (κ1) is 16.6. The van der Waals surface area contributed by atoms with Crippen molar-refractivity contribution in [1.82, 2.24) is 4.90 Å². The van der Waals surface area contributed by atoms with E-state index in [4.69, 9.17) is 18.0 Å². The Hall–Kier alpha value is -0.400. The maximum absolute atomic E-state index is 11.7. The van der Waals surface area contributed by atoms with E-state index in [-0.39, 0.29) is 12.6 Å². The fourth-order valence-corrected chi connectivity index (χ4v) is 1.51. The van der Waals surface area contributed by atoms with E-state index in [0.29, 0.717) is 24.4 Å². The zero-order valence-electron chi connectivity index (χ0n) is 10.1. The molecule has 0 aliphatic heterocycles. The molecule has 0 saturated heterocycles. The largest absolute Gasteiger partial charge is 0.411 e. The Bertz CT molecular complexity index is 236. The van der Waals surface area contributed by atoms with Crippen molar-refractivity contribution < 1.29 is 17.9 Å². The van der Waals surface area contributed by atoms with Crippen molar-refractivity contribution in [2.75, 3.05) is 26.8 Å². The maximum Gasteiger partial charge on any atom is 0.411 e. The molecule has 0 heterocycles. The molecule has 0 spiro atoms. The molecule has 0 amide bonds. The van der Waals surface area contributed by atoms with Gasteiger partial charge in [-0.1, -0.05) is 12.2 Å². The van der Waals surface area contributed by atoms with Gasteiger partial charge in [-0.3, -0.25) is 0 Å². The van der Waals surface area contributed by atoms with Gasteiger partial charge in [0.2, 0.25) is 0 Å². The molecule has 17 heavy (non-hydrogen) atoms. The van der Waals surface area contributed by atoms with Crippen molar-refractivity contribution in [1.29, 1.82) is 0 Å². The predicted molar refractivity (Wildman–Crippen MR) is 65.0 cm³/mol. The first-order valence-corrected chi connectivity index (χ1v) is 5.76. The Morgan fingerprint density at radius 3 is 2.53 bits per heavy atom. The number of hydrogen-bond donors (Lipinski definition) is 1. The molecule has 0 aliphatic rings. The Labute approximate surface area is 105 Å². The Morgan fingerprint density at radius 2 is 2.06 bits per heavy atom. The number of ether oxygens (including phenoxy) is 1. The van der Waals surface area contributed by atoms with Crippen LogP contribution >= 0.6 is 12.2 Å². The molecule has 0 radical (unpaired) electrons. The van der Waals surface area contributed by atoms with Crippen molar-refractivity contribution in [3.05, 3.63) is 0 Å². The van der Waals surface area contributed by atoms with Gasteiger partial charge < -0.3 is 15.4 Å². The van der Waals surface area contributed by atoms with E-state index in [2.05, 4.69) is 4.74 Å². The number of hydrogen-bond acceptors (Lipinski definition) is 3. The van der Waals surface area contributed by atoms with Crippen LogP contribution in [-0.4, -0.2) is 48.9 Å². The molecule has 0 fully saturated rings. The van der Waals surface area contributed by atoms with Gasteiger partial charge in [-0.25, -0.2) is 0 Å². The van der Waals surface area contributed by atoms with Gasteiger partial charge in [-0.05, 0) is 20.4 Å². The third kappa shape index (κ3) is 10.5. The molecule has 1 atom stereocenters. The second kappa shape index (κ2) is 7.84. The van der Waals surface area contributed by atoms with E-state index in [9.17, 15) is 13.2 Å². The number of alkyl halides is 3. The lowest BCUT2D eigenvalue weighted by Crippen LogP contribution is -2.33. The molecule has 0 aliphatic carbocycles. The standard InChI is InChI=1S/C10H19F3N2OS/c1-8(6-9(14)17)15(2)4-3-5-16-7-10(11,12)13/h8H,3-7H2,1-2H3,(H2,14,17). The van der Waals surface area contributed by atoms with Gasteiger partial charge in [0.1, 0.15) is 6.61 Å². The van der Waals surface area contributed by atoms with Gasteiger partial charge in [-0.2, -0.15) is 13.2 Å². The van der Waals surface area contributed by atoms with E-state index >= 15 is 0 Å². The second-order valence-electron chi connectivity index (χ2n) is 4.02. The number of nitrogens with zero attached hydrogens (tertiary/aromatic N) is 1. The van der Waals surface area contributed by atoms with Gasteiger partial charge in [0, 0.05) is 25.6 Å². The van der Waals surface area contributed by atoms with Crippen molar-refractivity contribution in [2.45, 2.75) is 32.0 Å². The van der Waals surface area contributed by atoms with Crippen molar-refractivity contribution in [2.24, 2.45) is 5.73 Å². The summed E-state index contributed by atoms with van der Waals surface area (Å²) in [5, 5.41) is 0.